The summed E-state index contributed by atoms with van der Waals surface area (Å²) in [5.74, 6) is 1.81. The average Bonchev–Trinajstić information content (AvgIpc) is 2.93. The van der Waals surface area contributed by atoms with Gasteiger partial charge in [-0.1, -0.05) is 35.9 Å². The number of carbonyl (C=O) groups is 1. The summed E-state index contributed by atoms with van der Waals surface area (Å²) in [6.07, 6.45) is 0.487. The maximum Gasteiger partial charge on any atom is 0.182 e. The van der Waals surface area contributed by atoms with Crippen molar-refractivity contribution >= 4 is 28.2 Å². The number of fused-ring (bicyclic) bond motifs is 2. The minimum absolute atomic E-state index is 0.199. The normalized spacial score (nSPS) is 16.5. The van der Waals surface area contributed by atoms with Crippen molar-refractivity contribution in [2.24, 2.45) is 0 Å². The van der Waals surface area contributed by atoms with E-state index in [9.17, 15) is 4.79 Å². The number of ketones is 1. The topological polar surface area (TPSA) is 57.7 Å². The van der Waals surface area contributed by atoms with Gasteiger partial charge in [0.25, 0.3) is 0 Å². The van der Waals surface area contributed by atoms with Crippen molar-refractivity contribution in [3.05, 3.63) is 77.7 Å². The van der Waals surface area contributed by atoms with Crippen molar-refractivity contribution in [2.45, 2.75) is 52.3 Å². The molecule has 182 valence electrons. The molecule has 0 unspecified atom stereocenters. The van der Waals surface area contributed by atoms with E-state index < -0.39 is 0 Å². The van der Waals surface area contributed by atoms with Gasteiger partial charge in [0, 0.05) is 55.3 Å². The Bertz CT molecular complexity index is 1290. The Morgan fingerprint density at radius 3 is 2.69 bits per heavy atom. The van der Waals surface area contributed by atoms with Crippen LogP contribution in [0.25, 0.3) is 10.9 Å². The molecule has 1 aromatic heterocycles. The Kier molecular flexibility index (Phi) is 5.91. The van der Waals surface area contributed by atoms with Crippen molar-refractivity contribution < 1.29 is 9.53 Å². The van der Waals surface area contributed by atoms with Crippen LogP contribution >= 0.6 is 0 Å². The Balaban J connectivity index is 1.40. The van der Waals surface area contributed by atoms with Crippen LogP contribution in [-0.4, -0.2) is 46.9 Å². The largest absolute Gasteiger partial charge is 0.474 e. The molecule has 6 nitrogen and oxygen atoms in total. The van der Waals surface area contributed by atoms with E-state index in [1.807, 2.05) is 45.0 Å². The molecule has 0 bridgehead atoms. The number of hydrogen-bond donors (Lipinski definition) is 1. The van der Waals surface area contributed by atoms with Gasteiger partial charge in [0.2, 0.25) is 0 Å². The number of carbonyl (C=O) groups excluding carboxylic acids is 1. The van der Waals surface area contributed by atoms with Crippen LogP contribution < -0.4 is 10.2 Å². The lowest BCUT2D eigenvalue weighted by atomic mass is 10.0. The van der Waals surface area contributed by atoms with E-state index in [2.05, 4.69) is 52.9 Å². The zero-order valence-electron chi connectivity index (χ0n) is 21.1. The zero-order chi connectivity index (χ0) is 24.7. The molecule has 3 heterocycles. The molecule has 2 aromatic carbocycles. The van der Waals surface area contributed by atoms with Crippen LogP contribution in [0.3, 0.4) is 0 Å². The number of anilines is 2. The number of ether oxygens (including phenoxy) is 1. The third-order valence-electron chi connectivity index (χ3n) is 6.58. The van der Waals surface area contributed by atoms with Gasteiger partial charge in [-0.15, -0.1) is 0 Å². The molecule has 0 aliphatic carbocycles. The zero-order valence-corrected chi connectivity index (χ0v) is 21.1. The number of aryl methyl sites for hydroxylation is 1. The average molecular weight is 471 g/mol. The summed E-state index contributed by atoms with van der Waals surface area (Å²) < 4.78 is 5.93. The summed E-state index contributed by atoms with van der Waals surface area (Å²) in [5.41, 5.74) is 4.86. The molecular weight excluding hydrogens is 436 g/mol. The third kappa shape index (κ3) is 4.97. The minimum Gasteiger partial charge on any atom is -0.474 e. The van der Waals surface area contributed by atoms with Crippen LogP contribution in [0.4, 0.5) is 11.5 Å². The second-order valence-electron chi connectivity index (χ2n) is 10.7. The van der Waals surface area contributed by atoms with Gasteiger partial charge in [0.05, 0.1) is 11.6 Å². The van der Waals surface area contributed by atoms with Gasteiger partial charge in [0.15, 0.2) is 11.7 Å². The van der Waals surface area contributed by atoms with Crippen molar-refractivity contribution in [1.82, 2.24) is 9.88 Å². The van der Waals surface area contributed by atoms with E-state index in [1.165, 1.54) is 5.56 Å². The molecule has 1 saturated heterocycles. The van der Waals surface area contributed by atoms with E-state index in [0.717, 1.165) is 52.5 Å². The fourth-order valence-electron chi connectivity index (χ4n) is 4.80. The quantitative estimate of drug-likeness (QED) is 0.496. The molecule has 2 aliphatic rings. The lowest BCUT2D eigenvalue weighted by Gasteiger charge is -2.43. The fraction of sp³-hybridized carbons (Fsp3) is 0.379. The van der Waals surface area contributed by atoms with E-state index in [1.54, 1.807) is 0 Å². The van der Waals surface area contributed by atoms with Gasteiger partial charge >= 0.3 is 0 Å². The van der Waals surface area contributed by atoms with E-state index in [-0.39, 0.29) is 11.4 Å². The maximum absolute atomic E-state index is 12.7. The summed E-state index contributed by atoms with van der Waals surface area (Å²) in [7, 11) is 0. The number of pyridine rings is 1. The van der Waals surface area contributed by atoms with Crippen LogP contribution in [0, 0.1) is 6.92 Å². The second-order valence-corrected chi connectivity index (χ2v) is 10.7. The van der Waals surface area contributed by atoms with Crippen LogP contribution in [-0.2, 0) is 11.3 Å². The van der Waals surface area contributed by atoms with Crippen LogP contribution in [0.15, 0.2) is 61.0 Å². The van der Waals surface area contributed by atoms with Crippen LogP contribution in [0.1, 0.15) is 48.7 Å². The van der Waals surface area contributed by atoms with Gasteiger partial charge in [-0.3, -0.25) is 4.79 Å². The molecule has 0 spiro atoms. The maximum atomic E-state index is 12.7. The lowest BCUT2D eigenvalue weighted by Crippen LogP contribution is -2.54. The standard InChI is InChI=1S/C29H34N4O2/c1-19-10-11-25-24(14-19)26(30-22-17-33(18-22)20(2)35-29(3,4)5)15-28(31-25)32-13-12-27(34)23-9-7-6-8-21(23)16-32/h6-11,14-15,22H,2,12-13,16-18H2,1,3-5H3,(H,30,31). The van der Waals surface area contributed by atoms with Crippen molar-refractivity contribution in [3.8, 4) is 0 Å². The first kappa shape index (κ1) is 23.2. The molecule has 0 atom stereocenters. The van der Waals surface area contributed by atoms with Crippen molar-refractivity contribution in [3.63, 3.8) is 0 Å². The Labute approximate surface area is 207 Å². The Morgan fingerprint density at radius 1 is 1.14 bits per heavy atom. The fourth-order valence-corrected chi connectivity index (χ4v) is 4.80. The summed E-state index contributed by atoms with van der Waals surface area (Å²) in [6.45, 7) is 15.3. The number of nitrogens with zero attached hydrogens (tertiary/aromatic N) is 3. The Hall–Kier alpha value is -3.54. The molecule has 35 heavy (non-hydrogen) atoms. The van der Waals surface area contributed by atoms with Gasteiger partial charge in [-0.25, -0.2) is 4.98 Å². The first-order chi connectivity index (χ1) is 16.7. The van der Waals surface area contributed by atoms with E-state index in [4.69, 9.17) is 9.72 Å². The van der Waals surface area contributed by atoms with Gasteiger partial charge in [-0.2, -0.15) is 0 Å². The Morgan fingerprint density at radius 2 is 1.91 bits per heavy atom. The van der Waals surface area contributed by atoms with Crippen molar-refractivity contribution in [1.29, 1.82) is 0 Å². The molecular formula is C29H34N4O2. The number of rotatable bonds is 5. The lowest BCUT2D eigenvalue weighted by molar-refractivity contribution is -0.0161. The molecule has 0 amide bonds. The predicted octanol–water partition coefficient (Wildman–Crippen LogP) is 5.52. The highest BCUT2D eigenvalue weighted by Gasteiger charge is 2.31. The summed E-state index contributed by atoms with van der Waals surface area (Å²) in [6, 6.07) is 16.7. The monoisotopic (exact) mass is 470 g/mol. The molecule has 1 fully saturated rings. The van der Waals surface area contributed by atoms with Gasteiger partial charge in [-0.05, 0) is 52.0 Å². The third-order valence-corrected chi connectivity index (χ3v) is 6.58. The highest BCUT2D eigenvalue weighted by Crippen LogP contribution is 2.32. The summed E-state index contributed by atoms with van der Waals surface area (Å²) >= 11 is 0. The second kappa shape index (κ2) is 8.91. The molecule has 0 saturated carbocycles. The number of Topliss-reactive ketones (excluding diaryl/α,β-unsaturated/α-hetero) is 1. The summed E-state index contributed by atoms with van der Waals surface area (Å²) in [4.78, 5) is 22.1. The number of benzene rings is 2. The highest BCUT2D eigenvalue weighted by molar-refractivity contribution is 5.98. The molecule has 2 aliphatic heterocycles. The first-order valence-electron chi connectivity index (χ1n) is 12.3. The number of nitrogens with one attached hydrogen (secondary N) is 1. The minimum atomic E-state index is -0.253. The molecule has 0 radical (unpaired) electrons. The molecule has 6 heteroatoms. The highest BCUT2D eigenvalue weighted by atomic mass is 16.5. The number of likely N-dealkylation sites (tertiary alicyclic amines) is 1. The SMILES string of the molecule is C=C(OC(C)(C)C)N1CC(Nc2cc(N3CCC(=O)c4ccccc4C3)nc3ccc(C)cc23)C1. The van der Waals surface area contributed by atoms with E-state index >= 15 is 0 Å². The van der Waals surface area contributed by atoms with E-state index in [0.29, 0.717) is 25.6 Å². The van der Waals surface area contributed by atoms with Gasteiger partial charge < -0.3 is 19.9 Å². The number of hydrogen-bond acceptors (Lipinski definition) is 6. The van der Waals surface area contributed by atoms with Crippen LogP contribution in [0.5, 0.6) is 0 Å². The smallest absolute Gasteiger partial charge is 0.182 e. The summed E-state index contributed by atoms with van der Waals surface area (Å²) in [5, 5.41) is 4.86. The molecule has 3 aromatic rings. The molecule has 1 N–H and O–H groups in total. The predicted molar refractivity (Wildman–Crippen MR) is 142 cm³/mol. The van der Waals surface area contributed by atoms with Gasteiger partial charge in [0.1, 0.15) is 11.4 Å². The first-order valence-corrected chi connectivity index (χ1v) is 12.3. The number of aromatic nitrogens is 1. The molecule has 5 rings (SSSR count). The van der Waals surface area contributed by atoms with Crippen LogP contribution in [0.2, 0.25) is 0 Å². The van der Waals surface area contributed by atoms with Crippen molar-refractivity contribution in [2.75, 3.05) is 29.9 Å².